The second kappa shape index (κ2) is 4.43. The number of rotatable bonds is 2. The molecule has 0 aromatic rings. The maximum absolute atomic E-state index is 2.71. The zero-order valence-electron chi connectivity index (χ0n) is 8.84. The monoisotopic (exact) mass is 182 g/mol. The van der Waals surface area contributed by atoms with Crippen LogP contribution in [-0.2, 0) is 0 Å². The van der Waals surface area contributed by atoms with Gasteiger partial charge in [-0.25, -0.2) is 0 Å². The van der Waals surface area contributed by atoms with Crippen molar-refractivity contribution in [3.05, 3.63) is 0 Å². The van der Waals surface area contributed by atoms with Crippen molar-refractivity contribution in [1.82, 2.24) is 9.80 Å². The standard InChI is InChI=1S/C11H22N2/c1-2-12-7-5-6-11(10-12)13-8-3-4-9-13/h11H,2-10H2,1H3. The van der Waals surface area contributed by atoms with Crippen molar-refractivity contribution in [3.63, 3.8) is 0 Å². The van der Waals surface area contributed by atoms with Crippen molar-refractivity contribution in [2.45, 2.75) is 38.6 Å². The topological polar surface area (TPSA) is 6.48 Å². The number of hydrogen-bond acceptors (Lipinski definition) is 2. The molecule has 0 aromatic carbocycles. The average Bonchev–Trinajstić information content (AvgIpc) is 2.71. The van der Waals surface area contributed by atoms with Crippen molar-refractivity contribution in [2.24, 2.45) is 0 Å². The fourth-order valence-electron chi connectivity index (χ4n) is 2.72. The van der Waals surface area contributed by atoms with Crippen LogP contribution in [0.25, 0.3) is 0 Å². The molecular formula is C11H22N2. The largest absolute Gasteiger partial charge is 0.302 e. The van der Waals surface area contributed by atoms with E-state index in [4.69, 9.17) is 0 Å². The molecular weight excluding hydrogens is 160 g/mol. The molecule has 0 radical (unpaired) electrons. The van der Waals surface area contributed by atoms with Crippen LogP contribution in [0.15, 0.2) is 0 Å². The van der Waals surface area contributed by atoms with Gasteiger partial charge in [-0.2, -0.15) is 0 Å². The number of piperidine rings is 1. The lowest BCUT2D eigenvalue weighted by Gasteiger charge is -2.37. The van der Waals surface area contributed by atoms with E-state index in [1.165, 1.54) is 58.4 Å². The van der Waals surface area contributed by atoms with E-state index in [9.17, 15) is 0 Å². The Morgan fingerprint density at radius 3 is 2.54 bits per heavy atom. The molecule has 76 valence electrons. The van der Waals surface area contributed by atoms with Gasteiger partial charge in [-0.15, -0.1) is 0 Å². The van der Waals surface area contributed by atoms with Gasteiger partial charge in [0, 0.05) is 12.6 Å². The van der Waals surface area contributed by atoms with Crippen LogP contribution in [0.2, 0.25) is 0 Å². The molecule has 0 amide bonds. The number of hydrogen-bond donors (Lipinski definition) is 0. The van der Waals surface area contributed by atoms with Crippen molar-refractivity contribution in [1.29, 1.82) is 0 Å². The van der Waals surface area contributed by atoms with Gasteiger partial charge < -0.3 is 4.90 Å². The highest BCUT2D eigenvalue weighted by Gasteiger charge is 2.25. The number of nitrogens with zero attached hydrogens (tertiary/aromatic N) is 2. The summed E-state index contributed by atoms with van der Waals surface area (Å²) in [5.41, 5.74) is 0. The lowest BCUT2D eigenvalue weighted by atomic mass is 10.0. The predicted octanol–water partition coefficient (Wildman–Crippen LogP) is 1.57. The smallest absolute Gasteiger partial charge is 0.0223 e. The first-order valence-electron chi connectivity index (χ1n) is 5.86. The minimum Gasteiger partial charge on any atom is -0.302 e. The fraction of sp³-hybridized carbons (Fsp3) is 1.00. The molecule has 0 aliphatic carbocycles. The van der Waals surface area contributed by atoms with E-state index in [0.29, 0.717) is 0 Å². The highest BCUT2D eigenvalue weighted by Crippen LogP contribution is 2.19. The van der Waals surface area contributed by atoms with E-state index >= 15 is 0 Å². The molecule has 2 saturated heterocycles. The van der Waals surface area contributed by atoms with E-state index in [-0.39, 0.29) is 0 Å². The second-order valence-corrected chi connectivity index (χ2v) is 4.43. The van der Waals surface area contributed by atoms with Gasteiger partial charge in [-0.1, -0.05) is 6.92 Å². The molecule has 2 heteroatoms. The summed E-state index contributed by atoms with van der Waals surface area (Å²) in [6.45, 7) is 8.92. The first-order valence-corrected chi connectivity index (χ1v) is 5.86. The van der Waals surface area contributed by atoms with Crippen LogP contribution in [0.4, 0.5) is 0 Å². The molecule has 1 atom stereocenters. The Kier molecular flexibility index (Phi) is 3.23. The summed E-state index contributed by atoms with van der Waals surface area (Å²) in [5.74, 6) is 0. The summed E-state index contributed by atoms with van der Waals surface area (Å²) < 4.78 is 0. The molecule has 0 saturated carbocycles. The molecule has 2 fully saturated rings. The van der Waals surface area contributed by atoms with Crippen molar-refractivity contribution >= 4 is 0 Å². The van der Waals surface area contributed by atoms with Crippen LogP contribution in [0.1, 0.15) is 32.6 Å². The molecule has 2 heterocycles. The van der Waals surface area contributed by atoms with Gasteiger partial charge in [0.2, 0.25) is 0 Å². The Bertz CT molecular complexity index is 152. The van der Waals surface area contributed by atoms with Gasteiger partial charge in [0.1, 0.15) is 0 Å². The van der Waals surface area contributed by atoms with Gasteiger partial charge in [0.05, 0.1) is 0 Å². The molecule has 0 aromatic heterocycles. The van der Waals surface area contributed by atoms with Crippen LogP contribution in [0, 0.1) is 0 Å². The minimum atomic E-state index is 0.885. The highest BCUT2D eigenvalue weighted by atomic mass is 15.2. The zero-order valence-corrected chi connectivity index (χ0v) is 8.84. The lowest BCUT2D eigenvalue weighted by Crippen LogP contribution is -2.46. The number of likely N-dealkylation sites (N-methyl/N-ethyl adjacent to an activating group) is 1. The summed E-state index contributed by atoms with van der Waals surface area (Å²) >= 11 is 0. The Labute approximate surface area is 81.9 Å². The quantitative estimate of drug-likeness (QED) is 0.639. The molecule has 13 heavy (non-hydrogen) atoms. The summed E-state index contributed by atoms with van der Waals surface area (Å²) in [4.78, 5) is 5.31. The Balaban J connectivity index is 1.84. The van der Waals surface area contributed by atoms with E-state index < -0.39 is 0 Å². The maximum Gasteiger partial charge on any atom is 0.0223 e. The van der Waals surface area contributed by atoms with Crippen LogP contribution in [0.5, 0.6) is 0 Å². The van der Waals surface area contributed by atoms with E-state index in [1.54, 1.807) is 0 Å². The number of likely N-dealkylation sites (tertiary alicyclic amines) is 2. The minimum absolute atomic E-state index is 0.885. The lowest BCUT2D eigenvalue weighted by molar-refractivity contribution is 0.119. The van der Waals surface area contributed by atoms with E-state index in [1.807, 2.05) is 0 Å². The van der Waals surface area contributed by atoms with Gasteiger partial charge >= 0.3 is 0 Å². The van der Waals surface area contributed by atoms with Gasteiger partial charge in [-0.3, -0.25) is 4.90 Å². The first-order chi connectivity index (χ1) is 6.40. The highest BCUT2D eigenvalue weighted by molar-refractivity contribution is 4.82. The van der Waals surface area contributed by atoms with Gasteiger partial charge in [0.15, 0.2) is 0 Å². The third kappa shape index (κ3) is 2.23. The summed E-state index contributed by atoms with van der Waals surface area (Å²) in [7, 11) is 0. The first kappa shape index (κ1) is 9.47. The molecule has 0 bridgehead atoms. The molecule has 0 spiro atoms. The van der Waals surface area contributed by atoms with E-state index in [0.717, 1.165) is 6.04 Å². The predicted molar refractivity (Wildman–Crippen MR) is 55.9 cm³/mol. The molecule has 0 N–H and O–H groups in total. The molecule has 2 aliphatic rings. The third-order valence-electron chi connectivity index (χ3n) is 3.58. The molecule has 1 unspecified atom stereocenters. The van der Waals surface area contributed by atoms with Crippen LogP contribution < -0.4 is 0 Å². The van der Waals surface area contributed by atoms with Crippen molar-refractivity contribution in [3.8, 4) is 0 Å². The zero-order chi connectivity index (χ0) is 9.10. The fourth-order valence-corrected chi connectivity index (χ4v) is 2.72. The van der Waals surface area contributed by atoms with Crippen LogP contribution in [-0.4, -0.2) is 48.6 Å². The van der Waals surface area contributed by atoms with Gasteiger partial charge in [-0.05, 0) is 51.9 Å². The second-order valence-electron chi connectivity index (χ2n) is 4.43. The van der Waals surface area contributed by atoms with Crippen molar-refractivity contribution in [2.75, 3.05) is 32.7 Å². The van der Waals surface area contributed by atoms with Gasteiger partial charge in [0.25, 0.3) is 0 Å². The van der Waals surface area contributed by atoms with Crippen molar-refractivity contribution < 1.29 is 0 Å². The summed E-state index contributed by atoms with van der Waals surface area (Å²) in [6.07, 6.45) is 5.72. The maximum atomic E-state index is 2.71. The normalized spacial score (nSPS) is 32.5. The van der Waals surface area contributed by atoms with Crippen LogP contribution >= 0.6 is 0 Å². The van der Waals surface area contributed by atoms with Crippen LogP contribution in [0.3, 0.4) is 0 Å². The molecule has 2 rings (SSSR count). The molecule has 2 nitrogen and oxygen atoms in total. The summed E-state index contributed by atoms with van der Waals surface area (Å²) in [5, 5.41) is 0. The summed E-state index contributed by atoms with van der Waals surface area (Å²) in [6, 6.07) is 0.885. The Hall–Kier alpha value is -0.0800. The molecule has 2 aliphatic heterocycles. The average molecular weight is 182 g/mol. The third-order valence-corrected chi connectivity index (χ3v) is 3.58. The Morgan fingerprint density at radius 1 is 1.08 bits per heavy atom. The Morgan fingerprint density at radius 2 is 1.85 bits per heavy atom. The van der Waals surface area contributed by atoms with E-state index in [2.05, 4.69) is 16.7 Å². The SMILES string of the molecule is CCN1CCCC(N2CCCC2)C1.